The third-order valence-corrected chi connectivity index (χ3v) is 3.61. The second-order valence-corrected chi connectivity index (χ2v) is 5.96. The Balaban J connectivity index is 1.71. The van der Waals surface area contributed by atoms with Crippen molar-refractivity contribution >= 4 is 11.8 Å². The van der Waals surface area contributed by atoms with E-state index in [1.807, 2.05) is 32.0 Å². The van der Waals surface area contributed by atoms with Crippen LogP contribution in [0.2, 0.25) is 0 Å². The molecule has 132 valence electrons. The molecule has 0 saturated carbocycles. The first kappa shape index (κ1) is 18.6. The summed E-state index contributed by atoms with van der Waals surface area (Å²) >= 11 is 0. The fourth-order valence-corrected chi connectivity index (χ4v) is 2.42. The SMILES string of the molecule is Cc1cccc(C[C@@H](C)NC(=O)CCNC(=O)c2ccc(F)cc2)n1. The average molecular weight is 343 g/mol. The van der Waals surface area contributed by atoms with Gasteiger partial charge in [-0.3, -0.25) is 14.6 Å². The molecule has 0 bridgehead atoms. The molecule has 2 amide bonds. The van der Waals surface area contributed by atoms with Gasteiger partial charge in [0.25, 0.3) is 5.91 Å². The molecule has 2 aromatic rings. The Kier molecular flexibility index (Phi) is 6.62. The van der Waals surface area contributed by atoms with Crippen LogP contribution in [0.25, 0.3) is 0 Å². The predicted octanol–water partition coefficient (Wildman–Crippen LogP) is 2.40. The molecule has 0 aliphatic heterocycles. The van der Waals surface area contributed by atoms with Crippen LogP contribution in [0.15, 0.2) is 42.5 Å². The summed E-state index contributed by atoms with van der Waals surface area (Å²) in [7, 11) is 0. The van der Waals surface area contributed by atoms with Gasteiger partial charge < -0.3 is 10.6 Å². The molecule has 2 rings (SSSR count). The lowest BCUT2D eigenvalue weighted by Crippen LogP contribution is -2.36. The van der Waals surface area contributed by atoms with Gasteiger partial charge in [-0.2, -0.15) is 0 Å². The third-order valence-electron chi connectivity index (χ3n) is 3.61. The molecule has 0 saturated heterocycles. The standard InChI is InChI=1S/C19H22FN3O2/c1-13-4-3-5-17(22-13)12-14(2)23-18(24)10-11-21-19(25)15-6-8-16(20)9-7-15/h3-9,14H,10-12H2,1-2H3,(H,21,25)(H,23,24)/t14-/m1/s1. The van der Waals surface area contributed by atoms with Gasteiger partial charge in [-0.05, 0) is 50.2 Å². The first-order valence-corrected chi connectivity index (χ1v) is 8.19. The molecule has 0 aliphatic carbocycles. The Hall–Kier alpha value is -2.76. The molecule has 0 unspecified atom stereocenters. The van der Waals surface area contributed by atoms with Gasteiger partial charge in [0, 0.05) is 42.4 Å². The van der Waals surface area contributed by atoms with Gasteiger partial charge in [0.2, 0.25) is 5.91 Å². The molecular weight excluding hydrogens is 321 g/mol. The Morgan fingerprint density at radius 3 is 2.56 bits per heavy atom. The van der Waals surface area contributed by atoms with Gasteiger partial charge in [0.15, 0.2) is 0 Å². The topological polar surface area (TPSA) is 71.1 Å². The molecule has 1 aromatic heterocycles. The summed E-state index contributed by atoms with van der Waals surface area (Å²) in [5.41, 5.74) is 2.23. The van der Waals surface area contributed by atoms with Crippen molar-refractivity contribution < 1.29 is 14.0 Å². The largest absolute Gasteiger partial charge is 0.353 e. The average Bonchev–Trinajstić information content (AvgIpc) is 2.55. The lowest BCUT2D eigenvalue weighted by Gasteiger charge is -2.14. The Morgan fingerprint density at radius 1 is 1.16 bits per heavy atom. The third kappa shape index (κ3) is 6.33. The van der Waals surface area contributed by atoms with Crippen LogP contribution in [-0.2, 0) is 11.2 Å². The van der Waals surface area contributed by atoms with E-state index >= 15 is 0 Å². The summed E-state index contributed by atoms with van der Waals surface area (Å²) in [6, 6.07) is 11.0. The lowest BCUT2D eigenvalue weighted by atomic mass is 10.1. The number of aryl methyl sites for hydroxylation is 1. The van der Waals surface area contributed by atoms with E-state index in [2.05, 4.69) is 15.6 Å². The van der Waals surface area contributed by atoms with E-state index in [1.165, 1.54) is 24.3 Å². The van der Waals surface area contributed by atoms with Crippen molar-refractivity contribution in [2.45, 2.75) is 32.7 Å². The van der Waals surface area contributed by atoms with E-state index in [0.717, 1.165) is 11.4 Å². The number of nitrogens with one attached hydrogen (secondary N) is 2. The van der Waals surface area contributed by atoms with Crippen molar-refractivity contribution in [3.05, 3.63) is 65.2 Å². The van der Waals surface area contributed by atoms with Crippen molar-refractivity contribution in [3.8, 4) is 0 Å². The number of carbonyl (C=O) groups excluding carboxylic acids is 2. The molecule has 0 spiro atoms. The summed E-state index contributed by atoms with van der Waals surface area (Å²) < 4.78 is 12.8. The molecule has 5 nitrogen and oxygen atoms in total. The van der Waals surface area contributed by atoms with Gasteiger partial charge in [0.1, 0.15) is 5.82 Å². The first-order chi connectivity index (χ1) is 11.9. The second-order valence-electron chi connectivity index (χ2n) is 5.96. The van der Waals surface area contributed by atoms with Crippen molar-refractivity contribution in [2.75, 3.05) is 6.54 Å². The van der Waals surface area contributed by atoms with Gasteiger partial charge in [-0.1, -0.05) is 6.07 Å². The van der Waals surface area contributed by atoms with E-state index in [1.54, 1.807) is 0 Å². The highest BCUT2D eigenvalue weighted by Crippen LogP contribution is 2.03. The van der Waals surface area contributed by atoms with Crippen molar-refractivity contribution in [1.29, 1.82) is 0 Å². The summed E-state index contributed by atoms with van der Waals surface area (Å²) in [4.78, 5) is 28.2. The van der Waals surface area contributed by atoms with Crippen LogP contribution < -0.4 is 10.6 Å². The quantitative estimate of drug-likeness (QED) is 0.811. The van der Waals surface area contributed by atoms with Crippen LogP contribution in [0, 0.1) is 12.7 Å². The van der Waals surface area contributed by atoms with Crippen molar-refractivity contribution in [1.82, 2.24) is 15.6 Å². The highest BCUT2D eigenvalue weighted by molar-refractivity contribution is 5.94. The van der Waals surface area contributed by atoms with Gasteiger partial charge in [0.05, 0.1) is 0 Å². The maximum Gasteiger partial charge on any atom is 0.251 e. The zero-order valence-electron chi connectivity index (χ0n) is 14.4. The number of amides is 2. The van der Waals surface area contributed by atoms with Crippen LogP contribution in [0.3, 0.4) is 0 Å². The number of nitrogens with zero attached hydrogens (tertiary/aromatic N) is 1. The molecule has 25 heavy (non-hydrogen) atoms. The van der Waals surface area contributed by atoms with Crippen LogP contribution >= 0.6 is 0 Å². The van der Waals surface area contributed by atoms with Crippen molar-refractivity contribution in [2.24, 2.45) is 0 Å². The minimum atomic E-state index is -0.395. The molecule has 6 heteroatoms. The molecule has 0 aliphatic rings. The highest BCUT2D eigenvalue weighted by Gasteiger charge is 2.10. The normalized spacial score (nSPS) is 11.6. The maximum absolute atomic E-state index is 12.8. The summed E-state index contributed by atoms with van der Waals surface area (Å²) in [6.45, 7) is 4.06. The fourth-order valence-electron chi connectivity index (χ4n) is 2.42. The number of aromatic nitrogens is 1. The highest BCUT2D eigenvalue weighted by atomic mass is 19.1. The minimum Gasteiger partial charge on any atom is -0.353 e. The van der Waals surface area contributed by atoms with Gasteiger partial charge in [-0.25, -0.2) is 4.39 Å². The molecular formula is C19H22FN3O2. The monoisotopic (exact) mass is 343 g/mol. The second kappa shape index (κ2) is 8.92. The lowest BCUT2D eigenvalue weighted by molar-refractivity contribution is -0.121. The molecule has 1 heterocycles. The van der Waals surface area contributed by atoms with Gasteiger partial charge >= 0.3 is 0 Å². The van der Waals surface area contributed by atoms with E-state index < -0.39 is 5.82 Å². The smallest absolute Gasteiger partial charge is 0.251 e. The molecule has 1 atom stereocenters. The van der Waals surface area contributed by atoms with Crippen LogP contribution in [0.4, 0.5) is 4.39 Å². The Labute approximate surface area is 146 Å². The van der Waals surface area contributed by atoms with Crippen LogP contribution in [0.5, 0.6) is 0 Å². The van der Waals surface area contributed by atoms with E-state index in [-0.39, 0.29) is 30.8 Å². The zero-order chi connectivity index (χ0) is 18.2. The zero-order valence-corrected chi connectivity index (χ0v) is 14.4. The van der Waals surface area contributed by atoms with E-state index in [9.17, 15) is 14.0 Å². The number of pyridine rings is 1. The fraction of sp³-hybridized carbons (Fsp3) is 0.316. The first-order valence-electron chi connectivity index (χ1n) is 8.19. The van der Waals surface area contributed by atoms with E-state index in [4.69, 9.17) is 0 Å². The predicted molar refractivity (Wildman–Crippen MR) is 93.6 cm³/mol. The molecule has 2 N–H and O–H groups in total. The number of halogens is 1. The minimum absolute atomic E-state index is 0.0467. The number of hydrogen-bond acceptors (Lipinski definition) is 3. The van der Waals surface area contributed by atoms with E-state index in [0.29, 0.717) is 12.0 Å². The number of benzene rings is 1. The number of carbonyl (C=O) groups is 2. The molecule has 0 radical (unpaired) electrons. The Bertz CT molecular complexity index is 732. The number of rotatable bonds is 7. The van der Waals surface area contributed by atoms with Crippen LogP contribution in [0.1, 0.15) is 35.1 Å². The van der Waals surface area contributed by atoms with Crippen molar-refractivity contribution in [3.63, 3.8) is 0 Å². The summed E-state index contributed by atoms with van der Waals surface area (Å²) in [5, 5.41) is 5.53. The summed E-state index contributed by atoms with van der Waals surface area (Å²) in [5.74, 6) is -0.864. The maximum atomic E-state index is 12.8. The summed E-state index contributed by atoms with van der Waals surface area (Å²) in [6.07, 6.45) is 0.827. The Morgan fingerprint density at radius 2 is 1.88 bits per heavy atom. The van der Waals surface area contributed by atoms with Crippen LogP contribution in [-0.4, -0.2) is 29.4 Å². The molecule has 1 aromatic carbocycles. The number of hydrogen-bond donors (Lipinski definition) is 2. The van der Waals surface area contributed by atoms with Gasteiger partial charge in [-0.15, -0.1) is 0 Å². The molecule has 0 fully saturated rings.